The maximum atomic E-state index is 12.6. The average Bonchev–Trinajstić information content (AvgIpc) is 3.31. The molecule has 2 aromatic heterocycles. The minimum atomic E-state index is -1.82. The van der Waals surface area contributed by atoms with Crippen LogP contribution in [0.3, 0.4) is 0 Å². The second kappa shape index (κ2) is 10.3. The molecule has 3 heterocycles. The van der Waals surface area contributed by atoms with Gasteiger partial charge in [0.1, 0.15) is 0 Å². The Balaban J connectivity index is 0.000000401. The predicted octanol–water partition coefficient (Wildman–Crippen LogP) is 1.35. The summed E-state index contributed by atoms with van der Waals surface area (Å²) in [6.45, 7) is 2.83. The zero-order valence-corrected chi connectivity index (χ0v) is 17.5. The summed E-state index contributed by atoms with van der Waals surface area (Å²) < 4.78 is 7.80. The van der Waals surface area contributed by atoms with Gasteiger partial charge in [-0.05, 0) is 37.3 Å². The summed E-state index contributed by atoms with van der Waals surface area (Å²) in [6, 6.07) is 3.99. The van der Waals surface area contributed by atoms with E-state index < -0.39 is 11.9 Å². The van der Waals surface area contributed by atoms with Gasteiger partial charge in [-0.2, -0.15) is 5.10 Å². The van der Waals surface area contributed by atoms with Crippen LogP contribution in [0.1, 0.15) is 41.9 Å². The number of nitrogens with zero attached hydrogens (tertiary/aromatic N) is 3. The van der Waals surface area contributed by atoms with E-state index in [9.17, 15) is 4.79 Å². The third kappa shape index (κ3) is 6.42. The van der Waals surface area contributed by atoms with Crippen LogP contribution in [0.5, 0.6) is 0 Å². The van der Waals surface area contributed by atoms with Gasteiger partial charge in [-0.25, -0.2) is 9.59 Å². The second-order valence-electron chi connectivity index (χ2n) is 7.83. The lowest BCUT2D eigenvalue weighted by molar-refractivity contribution is -0.159. The lowest BCUT2D eigenvalue weighted by Gasteiger charge is -2.28. The van der Waals surface area contributed by atoms with Gasteiger partial charge in [0.15, 0.2) is 0 Å². The molecule has 0 unspecified atom stereocenters. The molecular formula is C21H28N4O6. The molecule has 4 rings (SSSR count). The molecular weight excluding hydrogens is 404 g/mol. The van der Waals surface area contributed by atoms with Crippen LogP contribution in [0.15, 0.2) is 18.3 Å². The zero-order valence-electron chi connectivity index (χ0n) is 17.5. The van der Waals surface area contributed by atoms with Gasteiger partial charge in [0.2, 0.25) is 5.91 Å². The number of nitrogens with one attached hydrogen (secondary N) is 1. The van der Waals surface area contributed by atoms with E-state index in [1.165, 1.54) is 24.1 Å². The number of aromatic nitrogens is 3. The minimum absolute atomic E-state index is 0.217. The molecule has 0 radical (unpaired) electrons. The van der Waals surface area contributed by atoms with E-state index in [4.69, 9.17) is 24.5 Å². The summed E-state index contributed by atoms with van der Waals surface area (Å²) >= 11 is 0. The zero-order chi connectivity index (χ0) is 22.4. The van der Waals surface area contributed by atoms with Gasteiger partial charge >= 0.3 is 11.9 Å². The van der Waals surface area contributed by atoms with Crippen molar-refractivity contribution < 1.29 is 29.3 Å². The Kier molecular flexibility index (Phi) is 7.45. The van der Waals surface area contributed by atoms with Crippen molar-refractivity contribution in [3.05, 3.63) is 41.0 Å². The van der Waals surface area contributed by atoms with Crippen molar-refractivity contribution >= 4 is 17.8 Å². The van der Waals surface area contributed by atoms with Gasteiger partial charge in [0, 0.05) is 62.7 Å². The van der Waals surface area contributed by atoms with Crippen molar-refractivity contribution in [1.29, 1.82) is 0 Å². The highest BCUT2D eigenvalue weighted by Gasteiger charge is 2.27. The summed E-state index contributed by atoms with van der Waals surface area (Å²) in [6.07, 6.45) is 6.67. The van der Waals surface area contributed by atoms with Gasteiger partial charge in [-0.3, -0.25) is 9.48 Å². The molecule has 10 heteroatoms. The van der Waals surface area contributed by atoms with Crippen molar-refractivity contribution in [2.45, 2.75) is 45.3 Å². The number of hydrogen-bond acceptors (Lipinski definition) is 5. The van der Waals surface area contributed by atoms with Crippen LogP contribution in [-0.2, 0) is 52.2 Å². The first-order chi connectivity index (χ1) is 14.8. The Hall–Kier alpha value is -3.14. The monoisotopic (exact) mass is 432 g/mol. The molecule has 31 heavy (non-hydrogen) atoms. The normalized spacial score (nSPS) is 15.1. The fourth-order valence-electron chi connectivity index (χ4n) is 3.53. The Labute approximate surface area is 179 Å². The largest absolute Gasteiger partial charge is 0.473 e. The topological polar surface area (TPSA) is 138 Å². The number of carbonyl (C=O) groups excluding carboxylic acids is 1. The van der Waals surface area contributed by atoms with Gasteiger partial charge in [-0.1, -0.05) is 0 Å². The van der Waals surface area contributed by atoms with E-state index in [1.807, 2.05) is 35.0 Å². The highest BCUT2D eigenvalue weighted by Crippen LogP contribution is 2.29. The summed E-state index contributed by atoms with van der Waals surface area (Å²) in [5, 5.41) is 19.4. The first kappa shape index (κ1) is 22.5. The van der Waals surface area contributed by atoms with Gasteiger partial charge in [0.25, 0.3) is 0 Å². The molecule has 2 aromatic rings. The van der Waals surface area contributed by atoms with E-state index in [1.54, 1.807) is 0 Å². The number of rotatable bonds is 7. The molecule has 1 fully saturated rings. The number of fused-ring (bicyclic) bond motifs is 1. The Morgan fingerprint density at radius 2 is 2.00 bits per heavy atom. The SMILES string of the molecule is Cn1nc(COCC2CC2)c2c1CCN(C(=O)CCc1ccc[nH]1)C2.O=C(O)C(=O)O. The number of aryl methyl sites for hydroxylation is 2. The van der Waals surface area contributed by atoms with Crippen LogP contribution >= 0.6 is 0 Å². The molecule has 0 aromatic carbocycles. The summed E-state index contributed by atoms with van der Waals surface area (Å²) in [4.78, 5) is 35.9. The van der Waals surface area contributed by atoms with Crippen LogP contribution in [0.2, 0.25) is 0 Å². The molecule has 10 nitrogen and oxygen atoms in total. The molecule has 0 saturated heterocycles. The van der Waals surface area contributed by atoms with E-state index in [0.717, 1.165) is 43.3 Å². The second-order valence-corrected chi connectivity index (χ2v) is 7.83. The molecule has 1 aliphatic heterocycles. The highest BCUT2D eigenvalue weighted by molar-refractivity contribution is 6.27. The number of aromatic amines is 1. The van der Waals surface area contributed by atoms with Crippen molar-refractivity contribution in [1.82, 2.24) is 19.7 Å². The van der Waals surface area contributed by atoms with Crippen LogP contribution in [0, 0.1) is 5.92 Å². The number of carboxylic acids is 2. The number of carboxylic acid groups (broad SMARTS) is 2. The van der Waals surface area contributed by atoms with E-state index in [-0.39, 0.29) is 5.91 Å². The minimum Gasteiger partial charge on any atom is -0.473 e. The molecule has 1 amide bonds. The van der Waals surface area contributed by atoms with Crippen LogP contribution in [0.25, 0.3) is 0 Å². The van der Waals surface area contributed by atoms with E-state index in [2.05, 4.69) is 10.1 Å². The van der Waals surface area contributed by atoms with Crippen LogP contribution in [-0.4, -0.2) is 60.9 Å². The molecule has 0 spiro atoms. The third-order valence-electron chi connectivity index (χ3n) is 5.42. The van der Waals surface area contributed by atoms with E-state index >= 15 is 0 Å². The molecule has 1 saturated carbocycles. The van der Waals surface area contributed by atoms with Gasteiger partial charge in [-0.15, -0.1) is 0 Å². The number of ether oxygens (including phenoxy) is 1. The van der Waals surface area contributed by atoms with Crippen LogP contribution in [0.4, 0.5) is 0 Å². The summed E-state index contributed by atoms with van der Waals surface area (Å²) in [5.41, 5.74) is 4.55. The standard InChI is InChI=1S/C19H26N4O2.C2H2O4/c1-22-18-8-10-23(19(24)7-6-15-3-2-9-20-15)11-16(18)17(21-22)13-25-12-14-4-5-14;3-1(4)2(5)6/h2-3,9,14,20H,4-8,10-13H2,1H3;(H,3,4)(H,5,6). The molecule has 0 bridgehead atoms. The Morgan fingerprint density at radius 1 is 1.26 bits per heavy atom. The van der Waals surface area contributed by atoms with Crippen molar-refractivity contribution in [3.8, 4) is 0 Å². The maximum absolute atomic E-state index is 12.6. The number of hydrogen-bond donors (Lipinski definition) is 3. The summed E-state index contributed by atoms with van der Waals surface area (Å²) in [5.74, 6) is -2.68. The lowest BCUT2D eigenvalue weighted by Crippen LogP contribution is -2.36. The Bertz CT molecular complexity index is 905. The average molecular weight is 432 g/mol. The fraction of sp³-hybridized carbons (Fsp3) is 0.524. The maximum Gasteiger partial charge on any atom is 0.414 e. The number of aliphatic carboxylic acids is 2. The first-order valence-electron chi connectivity index (χ1n) is 10.3. The number of carbonyl (C=O) groups is 3. The molecule has 3 N–H and O–H groups in total. The fourth-order valence-corrected chi connectivity index (χ4v) is 3.53. The third-order valence-corrected chi connectivity index (χ3v) is 5.42. The van der Waals surface area contributed by atoms with Crippen molar-refractivity contribution in [3.63, 3.8) is 0 Å². The number of amides is 1. The molecule has 1 aliphatic carbocycles. The van der Waals surface area contributed by atoms with Crippen molar-refractivity contribution in [2.75, 3.05) is 13.2 Å². The predicted molar refractivity (Wildman–Crippen MR) is 109 cm³/mol. The molecule has 2 aliphatic rings. The van der Waals surface area contributed by atoms with Crippen molar-refractivity contribution in [2.24, 2.45) is 13.0 Å². The highest BCUT2D eigenvalue weighted by atomic mass is 16.5. The van der Waals surface area contributed by atoms with E-state index in [0.29, 0.717) is 19.6 Å². The summed E-state index contributed by atoms with van der Waals surface area (Å²) in [7, 11) is 1.99. The smallest absolute Gasteiger partial charge is 0.414 e. The molecule has 168 valence electrons. The van der Waals surface area contributed by atoms with Crippen LogP contribution < -0.4 is 0 Å². The molecule has 0 atom stereocenters. The first-order valence-corrected chi connectivity index (χ1v) is 10.3. The van der Waals surface area contributed by atoms with Gasteiger partial charge in [0.05, 0.1) is 12.3 Å². The lowest BCUT2D eigenvalue weighted by atomic mass is 10.0. The van der Waals surface area contributed by atoms with Gasteiger partial charge < -0.3 is 24.8 Å². The number of H-pyrrole nitrogens is 1. The Morgan fingerprint density at radius 3 is 2.61 bits per heavy atom. The quantitative estimate of drug-likeness (QED) is 0.562.